The molecular weight excluding hydrogens is 400 g/mol. The average Bonchev–Trinajstić information content (AvgIpc) is 2.74. The van der Waals surface area contributed by atoms with E-state index in [1.54, 1.807) is 60.7 Å². The Labute approximate surface area is 176 Å². The number of sulfone groups is 1. The summed E-state index contributed by atoms with van der Waals surface area (Å²) in [5, 5.41) is 5.73. The summed E-state index contributed by atoms with van der Waals surface area (Å²) in [6.45, 7) is 4.15. The number of ether oxygens (including phenoxy) is 1. The lowest BCUT2D eigenvalue weighted by molar-refractivity contribution is -0.114. The van der Waals surface area contributed by atoms with E-state index in [2.05, 4.69) is 10.6 Å². The maximum Gasteiger partial charge on any atom is 0.243 e. The summed E-state index contributed by atoms with van der Waals surface area (Å²) >= 11 is 0. The van der Waals surface area contributed by atoms with Gasteiger partial charge in [-0.05, 0) is 50.2 Å². The summed E-state index contributed by atoms with van der Waals surface area (Å²) in [4.78, 5) is 12.8. The largest absolute Gasteiger partial charge is 0.492 e. The van der Waals surface area contributed by atoms with Gasteiger partial charge in [0.25, 0.3) is 0 Å². The van der Waals surface area contributed by atoms with Gasteiger partial charge in [-0.15, -0.1) is 0 Å². The molecule has 0 saturated heterocycles. The zero-order chi connectivity index (χ0) is 21.6. The monoisotopic (exact) mass is 424 g/mol. The minimum Gasteiger partial charge on any atom is -0.492 e. The first kappa shape index (κ1) is 21.4. The fourth-order valence-electron chi connectivity index (χ4n) is 2.91. The second kappa shape index (κ2) is 9.45. The lowest BCUT2D eigenvalue weighted by Crippen LogP contribution is -2.23. The van der Waals surface area contributed by atoms with Gasteiger partial charge < -0.3 is 15.4 Å². The number of hydrogen-bond donors (Lipinski definition) is 2. The Morgan fingerprint density at radius 2 is 1.53 bits per heavy atom. The maximum atomic E-state index is 13.1. The standard InChI is InChI=1S/C23H24N2O4S/c1-3-29-21-10-6-4-8-19(21)25-23(26)16-24-20-9-5-7-11-22(20)30(27,28)18-14-12-17(2)13-15-18/h4-15,24H,3,16H2,1-2H3,(H,25,26). The number of carbonyl (C=O) groups is 1. The second-order valence-corrected chi connectivity index (χ2v) is 8.56. The Hall–Kier alpha value is -3.32. The van der Waals surface area contributed by atoms with Gasteiger partial charge in [0, 0.05) is 0 Å². The van der Waals surface area contributed by atoms with Crippen molar-refractivity contribution in [1.82, 2.24) is 0 Å². The van der Waals surface area contributed by atoms with Crippen LogP contribution in [0.25, 0.3) is 0 Å². The molecule has 0 aliphatic rings. The van der Waals surface area contributed by atoms with Crippen LogP contribution in [0.5, 0.6) is 5.75 Å². The molecule has 3 rings (SSSR count). The quantitative estimate of drug-likeness (QED) is 0.564. The van der Waals surface area contributed by atoms with E-state index in [1.165, 1.54) is 6.07 Å². The van der Waals surface area contributed by atoms with Crippen molar-refractivity contribution >= 4 is 27.1 Å². The fourth-order valence-corrected chi connectivity index (χ4v) is 4.35. The molecule has 0 aliphatic heterocycles. The van der Waals surface area contributed by atoms with Crippen LogP contribution >= 0.6 is 0 Å². The van der Waals surface area contributed by atoms with E-state index in [4.69, 9.17) is 4.74 Å². The molecule has 0 aliphatic carbocycles. The average molecular weight is 425 g/mol. The number of anilines is 2. The lowest BCUT2D eigenvalue weighted by Gasteiger charge is -2.14. The van der Waals surface area contributed by atoms with Crippen LogP contribution in [0.1, 0.15) is 12.5 Å². The van der Waals surface area contributed by atoms with Crippen LogP contribution < -0.4 is 15.4 Å². The Morgan fingerprint density at radius 1 is 0.900 bits per heavy atom. The third-order valence-corrected chi connectivity index (χ3v) is 6.24. The summed E-state index contributed by atoms with van der Waals surface area (Å²) in [6, 6.07) is 20.4. The molecule has 156 valence electrons. The number of nitrogens with one attached hydrogen (secondary N) is 2. The van der Waals surface area contributed by atoms with E-state index >= 15 is 0 Å². The molecule has 6 nitrogen and oxygen atoms in total. The summed E-state index contributed by atoms with van der Waals surface area (Å²) in [5.74, 6) is 0.264. The van der Waals surface area contributed by atoms with Gasteiger partial charge in [-0.2, -0.15) is 0 Å². The van der Waals surface area contributed by atoms with Crippen molar-refractivity contribution < 1.29 is 17.9 Å². The smallest absolute Gasteiger partial charge is 0.243 e. The van der Waals surface area contributed by atoms with E-state index in [1.807, 2.05) is 19.9 Å². The molecule has 0 atom stereocenters. The van der Waals surface area contributed by atoms with Gasteiger partial charge in [0.05, 0.1) is 34.3 Å². The molecule has 0 saturated carbocycles. The van der Waals surface area contributed by atoms with Crippen LogP contribution in [-0.4, -0.2) is 27.5 Å². The highest BCUT2D eigenvalue weighted by atomic mass is 32.2. The Bertz CT molecular complexity index is 1130. The van der Waals surface area contributed by atoms with Crippen molar-refractivity contribution in [1.29, 1.82) is 0 Å². The number of para-hydroxylation sites is 3. The number of benzene rings is 3. The molecule has 3 aromatic rings. The summed E-state index contributed by atoms with van der Waals surface area (Å²) in [6.07, 6.45) is 0. The third-order valence-electron chi connectivity index (χ3n) is 4.41. The van der Waals surface area contributed by atoms with Crippen molar-refractivity contribution in [2.45, 2.75) is 23.6 Å². The van der Waals surface area contributed by atoms with Crippen molar-refractivity contribution in [3.8, 4) is 5.75 Å². The van der Waals surface area contributed by atoms with Gasteiger partial charge in [-0.3, -0.25) is 4.79 Å². The highest BCUT2D eigenvalue weighted by Gasteiger charge is 2.21. The number of rotatable bonds is 8. The van der Waals surface area contributed by atoms with Gasteiger partial charge in [0.1, 0.15) is 5.75 Å². The molecule has 1 amide bonds. The Kier molecular flexibility index (Phi) is 6.74. The summed E-state index contributed by atoms with van der Waals surface area (Å²) in [5.41, 5.74) is 1.90. The van der Waals surface area contributed by atoms with Crippen LogP contribution in [0.2, 0.25) is 0 Å². The number of carbonyl (C=O) groups excluding carboxylic acids is 1. The predicted molar refractivity (Wildman–Crippen MR) is 118 cm³/mol. The van der Waals surface area contributed by atoms with Crippen LogP contribution in [-0.2, 0) is 14.6 Å². The van der Waals surface area contributed by atoms with Crippen LogP contribution in [0.15, 0.2) is 82.6 Å². The van der Waals surface area contributed by atoms with Crippen LogP contribution in [0.3, 0.4) is 0 Å². The van der Waals surface area contributed by atoms with E-state index in [-0.39, 0.29) is 22.2 Å². The highest BCUT2D eigenvalue weighted by Crippen LogP contribution is 2.28. The van der Waals surface area contributed by atoms with Gasteiger partial charge >= 0.3 is 0 Å². The minimum absolute atomic E-state index is 0.0963. The molecule has 3 aromatic carbocycles. The van der Waals surface area contributed by atoms with Gasteiger partial charge in [-0.1, -0.05) is 42.0 Å². The van der Waals surface area contributed by atoms with Gasteiger partial charge in [-0.25, -0.2) is 8.42 Å². The molecule has 0 unspecified atom stereocenters. The van der Waals surface area contributed by atoms with E-state index in [0.717, 1.165) is 5.56 Å². The van der Waals surface area contributed by atoms with E-state index in [0.29, 0.717) is 23.7 Å². The molecule has 2 N–H and O–H groups in total. The topological polar surface area (TPSA) is 84.5 Å². The molecule has 7 heteroatoms. The minimum atomic E-state index is -3.72. The zero-order valence-electron chi connectivity index (χ0n) is 16.9. The van der Waals surface area contributed by atoms with E-state index < -0.39 is 9.84 Å². The van der Waals surface area contributed by atoms with Crippen LogP contribution in [0, 0.1) is 6.92 Å². The molecule has 0 fully saturated rings. The highest BCUT2D eigenvalue weighted by molar-refractivity contribution is 7.91. The number of hydrogen-bond acceptors (Lipinski definition) is 5. The van der Waals surface area contributed by atoms with Crippen LogP contribution in [0.4, 0.5) is 11.4 Å². The van der Waals surface area contributed by atoms with Crippen molar-refractivity contribution in [3.05, 3.63) is 78.4 Å². The number of amides is 1. The van der Waals surface area contributed by atoms with E-state index in [9.17, 15) is 13.2 Å². The molecule has 0 radical (unpaired) electrons. The molecule has 0 heterocycles. The van der Waals surface area contributed by atoms with Crippen molar-refractivity contribution in [2.75, 3.05) is 23.8 Å². The summed E-state index contributed by atoms with van der Waals surface area (Å²) in [7, 11) is -3.72. The number of aryl methyl sites for hydroxylation is 1. The van der Waals surface area contributed by atoms with Gasteiger partial charge in [0.15, 0.2) is 0 Å². The molecule has 0 spiro atoms. The lowest BCUT2D eigenvalue weighted by atomic mass is 10.2. The van der Waals surface area contributed by atoms with Crippen molar-refractivity contribution in [3.63, 3.8) is 0 Å². The Balaban J connectivity index is 1.76. The molecular formula is C23H24N2O4S. The maximum absolute atomic E-state index is 13.1. The predicted octanol–water partition coefficient (Wildman–Crippen LogP) is 4.28. The second-order valence-electron chi connectivity index (χ2n) is 6.64. The zero-order valence-corrected chi connectivity index (χ0v) is 17.7. The molecule has 0 aromatic heterocycles. The Morgan fingerprint density at radius 3 is 2.23 bits per heavy atom. The van der Waals surface area contributed by atoms with Crippen molar-refractivity contribution in [2.24, 2.45) is 0 Å². The molecule has 0 bridgehead atoms. The normalized spacial score (nSPS) is 11.0. The SMILES string of the molecule is CCOc1ccccc1NC(=O)CNc1ccccc1S(=O)(=O)c1ccc(C)cc1. The first-order valence-corrected chi connectivity index (χ1v) is 11.1. The first-order chi connectivity index (χ1) is 14.4. The summed E-state index contributed by atoms with van der Waals surface area (Å²) < 4.78 is 31.6. The third kappa shape index (κ3) is 4.99. The molecule has 30 heavy (non-hydrogen) atoms. The first-order valence-electron chi connectivity index (χ1n) is 9.58. The van der Waals surface area contributed by atoms with Gasteiger partial charge in [0.2, 0.25) is 15.7 Å². The fraction of sp³-hybridized carbons (Fsp3) is 0.174.